The van der Waals surface area contributed by atoms with Crippen LogP contribution in [0.4, 0.5) is 0 Å². The number of rotatable bonds is 5. The molecule has 1 unspecified atom stereocenters. The number of benzene rings is 1. The molecule has 19 heavy (non-hydrogen) atoms. The smallest absolute Gasteiger partial charge is 0.237 e. The van der Waals surface area contributed by atoms with Crippen LogP contribution in [0.25, 0.3) is 0 Å². The Kier molecular flexibility index (Phi) is 5.40. The molecule has 0 aromatic heterocycles. The van der Waals surface area contributed by atoms with Gasteiger partial charge in [-0.2, -0.15) is 0 Å². The molecule has 4 heteroatoms. The van der Waals surface area contributed by atoms with Crippen molar-refractivity contribution in [3.05, 3.63) is 34.3 Å². The lowest BCUT2D eigenvalue weighted by Gasteiger charge is -2.18. The van der Waals surface area contributed by atoms with Crippen molar-refractivity contribution in [3.8, 4) is 0 Å². The van der Waals surface area contributed by atoms with Gasteiger partial charge in [-0.25, -0.2) is 0 Å². The molecule has 0 radical (unpaired) electrons. The lowest BCUT2D eigenvalue weighted by Crippen LogP contribution is -2.45. The monoisotopic (exact) mass is 324 g/mol. The van der Waals surface area contributed by atoms with Crippen LogP contribution in [-0.2, 0) is 11.3 Å². The van der Waals surface area contributed by atoms with Crippen molar-refractivity contribution >= 4 is 21.8 Å². The number of halogens is 1. The van der Waals surface area contributed by atoms with Crippen molar-refractivity contribution in [1.82, 2.24) is 10.6 Å². The van der Waals surface area contributed by atoms with Gasteiger partial charge in [-0.1, -0.05) is 47.0 Å². The van der Waals surface area contributed by atoms with Crippen LogP contribution in [0.3, 0.4) is 0 Å². The largest absolute Gasteiger partial charge is 0.352 e. The predicted molar refractivity (Wildman–Crippen MR) is 80.8 cm³/mol. The Hall–Kier alpha value is -0.870. The van der Waals surface area contributed by atoms with Gasteiger partial charge in [0, 0.05) is 17.1 Å². The van der Waals surface area contributed by atoms with E-state index >= 15 is 0 Å². The second-order valence-corrected chi connectivity index (χ2v) is 6.04. The zero-order valence-corrected chi connectivity index (χ0v) is 12.9. The number of carbonyl (C=O) groups is 1. The molecular formula is C15H21BrN2O. The van der Waals surface area contributed by atoms with Crippen molar-refractivity contribution < 1.29 is 4.79 Å². The molecule has 1 amide bonds. The van der Waals surface area contributed by atoms with Gasteiger partial charge in [0.2, 0.25) is 5.91 Å². The van der Waals surface area contributed by atoms with Crippen LogP contribution in [0.15, 0.2) is 28.7 Å². The molecule has 2 rings (SSSR count). The molecule has 1 aliphatic rings. The van der Waals surface area contributed by atoms with E-state index in [0.717, 1.165) is 17.3 Å². The molecule has 1 aromatic rings. The number of amides is 1. The predicted octanol–water partition coefficient (Wildman–Crippen LogP) is 2.99. The van der Waals surface area contributed by atoms with Crippen LogP contribution >= 0.6 is 15.9 Å². The van der Waals surface area contributed by atoms with E-state index in [-0.39, 0.29) is 11.9 Å². The highest BCUT2D eigenvalue weighted by Crippen LogP contribution is 2.18. The first-order valence-corrected chi connectivity index (χ1v) is 7.73. The van der Waals surface area contributed by atoms with E-state index < -0.39 is 0 Å². The summed E-state index contributed by atoms with van der Waals surface area (Å²) in [5.41, 5.74) is 1.17. The average molecular weight is 325 g/mol. The summed E-state index contributed by atoms with van der Waals surface area (Å²) < 4.78 is 1.07. The molecule has 0 aliphatic heterocycles. The SMILES string of the molecule is CC(NCc1ccccc1Br)C(=O)NC1CCCC1. The fourth-order valence-electron chi connectivity index (χ4n) is 2.39. The van der Waals surface area contributed by atoms with Gasteiger partial charge in [-0.15, -0.1) is 0 Å². The maximum atomic E-state index is 12.0. The van der Waals surface area contributed by atoms with E-state index in [1.807, 2.05) is 25.1 Å². The van der Waals surface area contributed by atoms with Crippen LogP contribution in [0.5, 0.6) is 0 Å². The van der Waals surface area contributed by atoms with Gasteiger partial charge in [0.1, 0.15) is 0 Å². The summed E-state index contributed by atoms with van der Waals surface area (Å²) in [7, 11) is 0. The Labute approximate surface area is 123 Å². The van der Waals surface area contributed by atoms with Crippen molar-refractivity contribution in [2.45, 2.75) is 51.2 Å². The molecule has 2 N–H and O–H groups in total. The fraction of sp³-hybridized carbons (Fsp3) is 0.533. The van der Waals surface area contributed by atoms with Gasteiger partial charge in [-0.05, 0) is 31.4 Å². The molecule has 1 aliphatic carbocycles. The average Bonchev–Trinajstić information content (AvgIpc) is 2.90. The van der Waals surface area contributed by atoms with Crippen molar-refractivity contribution in [1.29, 1.82) is 0 Å². The van der Waals surface area contributed by atoms with E-state index in [1.54, 1.807) is 0 Å². The van der Waals surface area contributed by atoms with Gasteiger partial charge in [-0.3, -0.25) is 4.79 Å². The molecule has 1 fully saturated rings. The maximum Gasteiger partial charge on any atom is 0.237 e. The van der Waals surface area contributed by atoms with E-state index in [0.29, 0.717) is 12.6 Å². The molecule has 1 aromatic carbocycles. The molecule has 0 heterocycles. The standard InChI is InChI=1S/C15H21BrN2O/c1-11(15(19)18-13-7-3-4-8-13)17-10-12-6-2-5-9-14(12)16/h2,5-6,9,11,13,17H,3-4,7-8,10H2,1H3,(H,18,19). The normalized spacial score (nSPS) is 17.4. The first-order valence-electron chi connectivity index (χ1n) is 6.94. The minimum Gasteiger partial charge on any atom is -0.352 e. The second-order valence-electron chi connectivity index (χ2n) is 5.18. The third kappa shape index (κ3) is 4.32. The zero-order chi connectivity index (χ0) is 13.7. The molecule has 1 atom stereocenters. The molecule has 0 saturated heterocycles. The number of nitrogens with one attached hydrogen (secondary N) is 2. The minimum absolute atomic E-state index is 0.110. The Morgan fingerprint density at radius 3 is 2.74 bits per heavy atom. The summed E-state index contributed by atoms with van der Waals surface area (Å²) in [6, 6.07) is 8.29. The molecule has 3 nitrogen and oxygen atoms in total. The molecule has 0 spiro atoms. The zero-order valence-electron chi connectivity index (χ0n) is 11.3. The summed E-state index contributed by atoms with van der Waals surface area (Å²) in [4.78, 5) is 12.0. The van der Waals surface area contributed by atoms with Crippen LogP contribution in [0.1, 0.15) is 38.2 Å². The Balaban J connectivity index is 1.78. The topological polar surface area (TPSA) is 41.1 Å². The molecule has 0 bridgehead atoms. The first-order chi connectivity index (χ1) is 9.16. The fourth-order valence-corrected chi connectivity index (χ4v) is 2.82. The Morgan fingerprint density at radius 1 is 1.37 bits per heavy atom. The van der Waals surface area contributed by atoms with E-state index in [1.165, 1.54) is 18.4 Å². The molecule has 1 saturated carbocycles. The van der Waals surface area contributed by atoms with E-state index in [2.05, 4.69) is 32.6 Å². The van der Waals surface area contributed by atoms with Gasteiger partial charge < -0.3 is 10.6 Å². The van der Waals surface area contributed by atoms with E-state index in [4.69, 9.17) is 0 Å². The highest BCUT2D eigenvalue weighted by atomic mass is 79.9. The summed E-state index contributed by atoms with van der Waals surface area (Å²) in [6.45, 7) is 2.61. The van der Waals surface area contributed by atoms with Crippen molar-refractivity contribution in [2.75, 3.05) is 0 Å². The number of hydrogen-bond donors (Lipinski definition) is 2. The van der Waals surface area contributed by atoms with Crippen LogP contribution in [0.2, 0.25) is 0 Å². The molecule has 104 valence electrons. The summed E-state index contributed by atoms with van der Waals surface area (Å²) >= 11 is 3.51. The lowest BCUT2D eigenvalue weighted by atomic mass is 10.2. The number of hydrogen-bond acceptors (Lipinski definition) is 2. The van der Waals surface area contributed by atoms with Gasteiger partial charge >= 0.3 is 0 Å². The second kappa shape index (κ2) is 7.06. The summed E-state index contributed by atoms with van der Waals surface area (Å²) in [5.74, 6) is 0.110. The lowest BCUT2D eigenvalue weighted by molar-refractivity contribution is -0.123. The molecular weight excluding hydrogens is 304 g/mol. The van der Waals surface area contributed by atoms with Crippen molar-refractivity contribution in [3.63, 3.8) is 0 Å². The Morgan fingerprint density at radius 2 is 2.05 bits per heavy atom. The van der Waals surface area contributed by atoms with Crippen molar-refractivity contribution in [2.24, 2.45) is 0 Å². The third-order valence-electron chi connectivity index (χ3n) is 3.65. The minimum atomic E-state index is -0.160. The van der Waals surface area contributed by atoms with Gasteiger partial charge in [0.25, 0.3) is 0 Å². The highest BCUT2D eigenvalue weighted by molar-refractivity contribution is 9.10. The summed E-state index contributed by atoms with van der Waals surface area (Å²) in [5, 5.41) is 6.39. The third-order valence-corrected chi connectivity index (χ3v) is 4.42. The van der Waals surface area contributed by atoms with Crippen LogP contribution in [0, 0.1) is 0 Å². The highest BCUT2D eigenvalue weighted by Gasteiger charge is 2.20. The van der Waals surface area contributed by atoms with E-state index in [9.17, 15) is 4.79 Å². The van der Waals surface area contributed by atoms with Gasteiger partial charge in [0.15, 0.2) is 0 Å². The summed E-state index contributed by atoms with van der Waals surface area (Å²) in [6.07, 6.45) is 4.73. The van der Waals surface area contributed by atoms with Crippen LogP contribution < -0.4 is 10.6 Å². The van der Waals surface area contributed by atoms with Crippen LogP contribution in [-0.4, -0.2) is 18.0 Å². The van der Waals surface area contributed by atoms with Gasteiger partial charge in [0.05, 0.1) is 6.04 Å². The Bertz CT molecular complexity index is 430. The number of carbonyl (C=O) groups excluding carboxylic acids is 1. The maximum absolute atomic E-state index is 12.0. The first kappa shape index (κ1) is 14.5. The quantitative estimate of drug-likeness (QED) is 0.874.